The summed E-state index contributed by atoms with van der Waals surface area (Å²) in [5.74, 6) is -0.201. The normalized spacial score (nSPS) is 10.6. The van der Waals surface area contributed by atoms with Crippen LogP contribution in [0.25, 0.3) is 11.0 Å². The smallest absolute Gasteiger partial charge is 0.253 e. The highest BCUT2D eigenvalue weighted by atomic mass is 16.2. The minimum atomic E-state index is -0.104. The quantitative estimate of drug-likeness (QED) is 0.779. The molecule has 6 nitrogen and oxygen atoms in total. The van der Waals surface area contributed by atoms with Crippen molar-refractivity contribution in [2.45, 2.75) is 13.0 Å². The third-order valence-corrected chi connectivity index (χ3v) is 3.91. The van der Waals surface area contributed by atoms with Crippen molar-refractivity contribution in [3.63, 3.8) is 0 Å². The maximum atomic E-state index is 12.2. The number of amides is 2. The number of aromatic nitrogens is 2. The number of fused-ring (bicyclic) bond motifs is 1. The number of benzene rings is 2. The van der Waals surface area contributed by atoms with Crippen LogP contribution in [0, 0.1) is 0 Å². The predicted octanol–water partition coefficient (Wildman–Crippen LogP) is 2.77. The van der Waals surface area contributed by atoms with Crippen LogP contribution in [0.15, 0.2) is 54.9 Å². The Bertz CT molecular complexity index is 914. The van der Waals surface area contributed by atoms with Crippen LogP contribution in [0.2, 0.25) is 0 Å². The van der Waals surface area contributed by atoms with Gasteiger partial charge in [0.05, 0.1) is 17.4 Å². The zero-order chi connectivity index (χ0) is 17.8. The molecule has 0 aliphatic heterocycles. The molecule has 0 unspecified atom stereocenters. The van der Waals surface area contributed by atoms with Crippen molar-refractivity contribution in [3.8, 4) is 0 Å². The highest BCUT2D eigenvalue weighted by Crippen LogP contribution is 2.14. The summed E-state index contributed by atoms with van der Waals surface area (Å²) >= 11 is 0. The maximum Gasteiger partial charge on any atom is 0.253 e. The maximum absolute atomic E-state index is 12.2. The highest BCUT2D eigenvalue weighted by molar-refractivity contribution is 5.97. The van der Waals surface area contributed by atoms with Crippen LogP contribution in [-0.4, -0.2) is 40.4 Å². The Hall–Kier alpha value is -3.15. The minimum absolute atomic E-state index is 0.0963. The van der Waals surface area contributed by atoms with Crippen molar-refractivity contribution in [3.05, 3.63) is 60.4 Å². The molecule has 25 heavy (non-hydrogen) atoms. The van der Waals surface area contributed by atoms with Crippen LogP contribution < -0.4 is 5.32 Å². The standard InChI is InChI=1S/C19H20N4O2/c1-22(2)19(25)14-6-5-7-15(12-14)21-18(24)10-11-23-13-20-16-8-3-4-9-17(16)23/h3-9,12-13H,10-11H2,1-2H3,(H,21,24). The molecule has 6 heteroatoms. The van der Waals surface area contributed by atoms with E-state index in [-0.39, 0.29) is 11.8 Å². The van der Waals surface area contributed by atoms with Crippen LogP contribution in [0.1, 0.15) is 16.8 Å². The number of nitrogens with zero attached hydrogens (tertiary/aromatic N) is 3. The van der Waals surface area contributed by atoms with Gasteiger partial charge in [-0.25, -0.2) is 4.98 Å². The molecular weight excluding hydrogens is 316 g/mol. The molecule has 128 valence electrons. The first-order valence-corrected chi connectivity index (χ1v) is 8.06. The molecule has 3 rings (SSSR count). The minimum Gasteiger partial charge on any atom is -0.345 e. The number of carbonyl (C=O) groups is 2. The molecule has 2 amide bonds. The molecule has 0 saturated heterocycles. The Morgan fingerprint density at radius 2 is 1.92 bits per heavy atom. The average Bonchev–Trinajstić information content (AvgIpc) is 3.02. The number of aryl methyl sites for hydroxylation is 1. The molecule has 0 aliphatic rings. The largest absolute Gasteiger partial charge is 0.345 e. The van der Waals surface area contributed by atoms with E-state index in [4.69, 9.17) is 0 Å². The van der Waals surface area contributed by atoms with Crippen molar-refractivity contribution in [1.82, 2.24) is 14.5 Å². The van der Waals surface area contributed by atoms with Gasteiger partial charge in [0.1, 0.15) is 0 Å². The summed E-state index contributed by atoms with van der Waals surface area (Å²) in [5.41, 5.74) is 3.09. The molecule has 1 aromatic heterocycles. The van der Waals surface area contributed by atoms with Crippen molar-refractivity contribution < 1.29 is 9.59 Å². The number of nitrogens with one attached hydrogen (secondary N) is 1. The fourth-order valence-electron chi connectivity index (χ4n) is 2.62. The summed E-state index contributed by atoms with van der Waals surface area (Å²) in [7, 11) is 3.39. The van der Waals surface area contributed by atoms with Gasteiger partial charge in [0.15, 0.2) is 0 Å². The number of hydrogen-bond donors (Lipinski definition) is 1. The van der Waals surface area contributed by atoms with Crippen LogP contribution in [0.5, 0.6) is 0 Å². The number of imidazole rings is 1. The lowest BCUT2D eigenvalue weighted by Gasteiger charge is -2.12. The third kappa shape index (κ3) is 3.85. The SMILES string of the molecule is CN(C)C(=O)c1cccc(NC(=O)CCn2cnc3ccccc32)c1. The monoisotopic (exact) mass is 336 g/mol. The third-order valence-electron chi connectivity index (χ3n) is 3.91. The summed E-state index contributed by atoms with van der Waals surface area (Å²) in [6.07, 6.45) is 2.07. The molecule has 0 spiro atoms. The summed E-state index contributed by atoms with van der Waals surface area (Å²) in [5, 5.41) is 2.84. The average molecular weight is 336 g/mol. The Balaban J connectivity index is 1.63. The van der Waals surface area contributed by atoms with Gasteiger partial charge in [-0.2, -0.15) is 0 Å². The molecule has 1 N–H and O–H groups in total. The fourth-order valence-corrected chi connectivity index (χ4v) is 2.62. The number of rotatable bonds is 5. The van der Waals surface area contributed by atoms with E-state index < -0.39 is 0 Å². The van der Waals surface area contributed by atoms with E-state index in [0.29, 0.717) is 24.2 Å². The Morgan fingerprint density at radius 1 is 1.12 bits per heavy atom. The van der Waals surface area contributed by atoms with E-state index in [9.17, 15) is 9.59 Å². The van der Waals surface area contributed by atoms with E-state index >= 15 is 0 Å². The molecule has 0 saturated carbocycles. The van der Waals surface area contributed by atoms with Gasteiger partial charge in [0.2, 0.25) is 5.91 Å². The molecule has 3 aromatic rings. The zero-order valence-corrected chi connectivity index (χ0v) is 14.3. The molecule has 1 heterocycles. The van der Waals surface area contributed by atoms with Crippen LogP contribution in [0.3, 0.4) is 0 Å². The van der Waals surface area contributed by atoms with Gasteiger partial charge in [-0.05, 0) is 30.3 Å². The predicted molar refractivity (Wildman–Crippen MR) is 97.4 cm³/mol. The summed E-state index contributed by atoms with van der Waals surface area (Å²) in [4.78, 5) is 30.0. The van der Waals surface area contributed by atoms with Crippen LogP contribution in [-0.2, 0) is 11.3 Å². The van der Waals surface area contributed by atoms with Gasteiger partial charge in [0, 0.05) is 38.3 Å². The first kappa shape index (κ1) is 16.7. The molecular formula is C19H20N4O2. The fraction of sp³-hybridized carbons (Fsp3) is 0.211. The summed E-state index contributed by atoms with van der Waals surface area (Å²) < 4.78 is 1.96. The van der Waals surface area contributed by atoms with Crippen molar-refractivity contribution in [2.24, 2.45) is 0 Å². The van der Waals surface area contributed by atoms with Gasteiger partial charge in [-0.3, -0.25) is 9.59 Å². The lowest BCUT2D eigenvalue weighted by atomic mass is 10.2. The van der Waals surface area contributed by atoms with E-state index in [1.807, 2.05) is 28.8 Å². The number of anilines is 1. The van der Waals surface area contributed by atoms with Gasteiger partial charge >= 0.3 is 0 Å². The van der Waals surface area contributed by atoms with E-state index in [0.717, 1.165) is 11.0 Å². The van der Waals surface area contributed by atoms with Gasteiger partial charge in [-0.15, -0.1) is 0 Å². The first-order chi connectivity index (χ1) is 12.0. The number of carbonyl (C=O) groups excluding carboxylic acids is 2. The lowest BCUT2D eigenvalue weighted by Crippen LogP contribution is -2.22. The summed E-state index contributed by atoms with van der Waals surface area (Å²) in [6, 6.07) is 14.8. The lowest BCUT2D eigenvalue weighted by molar-refractivity contribution is -0.116. The topological polar surface area (TPSA) is 67.2 Å². The molecule has 0 bridgehead atoms. The van der Waals surface area contributed by atoms with Crippen molar-refractivity contribution in [2.75, 3.05) is 19.4 Å². The highest BCUT2D eigenvalue weighted by Gasteiger charge is 2.10. The zero-order valence-electron chi connectivity index (χ0n) is 14.3. The Labute approximate surface area is 146 Å². The molecule has 0 radical (unpaired) electrons. The van der Waals surface area contributed by atoms with Crippen molar-refractivity contribution >= 4 is 28.5 Å². The number of hydrogen-bond acceptors (Lipinski definition) is 3. The molecule has 0 fully saturated rings. The second-order valence-corrected chi connectivity index (χ2v) is 6.01. The van der Waals surface area contributed by atoms with Crippen LogP contribution in [0.4, 0.5) is 5.69 Å². The van der Waals surface area contributed by atoms with Gasteiger partial charge < -0.3 is 14.8 Å². The summed E-state index contributed by atoms with van der Waals surface area (Å²) in [6.45, 7) is 0.544. The molecule has 0 aliphatic carbocycles. The van der Waals surface area contributed by atoms with E-state index in [2.05, 4.69) is 10.3 Å². The second kappa shape index (κ2) is 7.17. The molecule has 0 atom stereocenters. The van der Waals surface area contributed by atoms with Gasteiger partial charge in [-0.1, -0.05) is 18.2 Å². The van der Waals surface area contributed by atoms with E-state index in [1.54, 1.807) is 44.7 Å². The second-order valence-electron chi connectivity index (χ2n) is 6.01. The molecule has 2 aromatic carbocycles. The number of para-hydroxylation sites is 2. The Kier molecular flexibility index (Phi) is 4.79. The van der Waals surface area contributed by atoms with Gasteiger partial charge in [0.25, 0.3) is 5.91 Å². The van der Waals surface area contributed by atoms with E-state index in [1.165, 1.54) is 4.90 Å². The van der Waals surface area contributed by atoms with Crippen molar-refractivity contribution in [1.29, 1.82) is 0 Å². The Morgan fingerprint density at radius 3 is 2.72 bits per heavy atom. The van der Waals surface area contributed by atoms with Crippen LogP contribution >= 0.6 is 0 Å². The first-order valence-electron chi connectivity index (χ1n) is 8.06.